The number of cyclic esters (lactones) is 1. The van der Waals surface area contributed by atoms with E-state index in [0.29, 0.717) is 39.8 Å². The van der Waals surface area contributed by atoms with Crippen molar-refractivity contribution >= 4 is 40.4 Å². The first-order chi connectivity index (χ1) is 16.9. The number of fused-ring (bicyclic) bond motifs is 1. The minimum atomic E-state index is -0.773. The number of aliphatic hydroxyl groups is 1. The molecule has 6 nitrogen and oxygen atoms in total. The van der Waals surface area contributed by atoms with Gasteiger partial charge in [0.05, 0.1) is 23.2 Å². The lowest BCUT2D eigenvalue weighted by molar-refractivity contribution is -0.166. The monoisotopic (exact) mass is 516 g/mol. The smallest absolute Gasteiger partial charge is 0.349 e. The topological polar surface area (TPSA) is 84.4 Å². The molecule has 1 fully saturated rings. The van der Waals surface area contributed by atoms with Crippen LogP contribution in [0.5, 0.6) is 5.75 Å². The first kappa shape index (κ1) is 24.0. The Balaban J connectivity index is 1.39. The number of aryl methyl sites for hydroxylation is 1. The summed E-state index contributed by atoms with van der Waals surface area (Å²) < 4.78 is 24.9. The number of nitrogens with zero attached hydrogens (tertiary/aromatic N) is 1. The fourth-order valence-electron chi connectivity index (χ4n) is 5.20. The molecule has 1 aliphatic heterocycles. The molecule has 1 aromatic heterocycles. The zero-order chi connectivity index (χ0) is 24.6. The number of hydrogen-bond acceptors (Lipinski definition) is 6. The summed E-state index contributed by atoms with van der Waals surface area (Å²) in [6, 6.07) is 9.90. The number of methoxy groups -OCH3 is 1. The number of hydrogen-bond donors (Lipinski definition) is 2. The molecule has 35 heavy (non-hydrogen) atoms. The minimum Gasteiger partial charge on any atom is -0.511 e. The number of carbonyl (C=O) groups excluding carboxylic acids is 1. The molecule has 2 heterocycles. The second kappa shape index (κ2) is 9.74. The summed E-state index contributed by atoms with van der Waals surface area (Å²) in [5.74, 6) is -0.123. The molecule has 2 aliphatic rings. The van der Waals surface area contributed by atoms with Gasteiger partial charge in [0, 0.05) is 6.42 Å². The quantitative estimate of drug-likeness (QED) is 0.338. The molecule has 0 spiro atoms. The van der Waals surface area contributed by atoms with Crippen LogP contribution in [0.3, 0.4) is 0 Å². The highest BCUT2D eigenvalue weighted by Gasteiger charge is 2.48. The summed E-state index contributed by atoms with van der Waals surface area (Å²) in [7, 11) is 1.58. The van der Waals surface area contributed by atoms with E-state index in [1.54, 1.807) is 13.2 Å². The predicted molar refractivity (Wildman–Crippen MR) is 133 cm³/mol. The average Bonchev–Trinajstić information content (AvgIpc) is 3.50. The fourth-order valence-corrected chi connectivity index (χ4v) is 6.29. The zero-order valence-electron chi connectivity index (χ0n) is 19.3. The number of aliphatic hydroxyl groups excluding tert-OH is 1. The van der Waals surface area contributed by atoms with Gasteiger partial charge in [0.25, 0.3) is 0 Å². The minimum absolute atomic E-state index is 0.0116. The zero-order valence-corrected chi connectivity index (χ0v) is 20.8. The molecular weight excluding hydrogens is 491 g/mol. The number of rotatable bonds is 7. The van der Waals surface area contributed by atoms with Gasteiger partial charge in [0.2, 0.25) is 0 Å². The van der Waals surface area contributed by atoms with Crippen molar-refractivity contribution in [2.24, 2.45) is 5.92 Å². The van der Waals surface area contributed by atoms with Crippen molar-refractivity contribution in [3.8, 4) is 5.75 Å². The number of carbonyl (C=O) groups is 1. The summed E-state index contributed by atoms with van der Waals surface area (Å²) in [5.41, 5.74) is 1.35. The molecule has 1 atom stereocenters. The number of ether oxygens (including phenoxy) is 2. The van der Waals surface area contributed by atoms with Gasteiger partial charge in [0.15, 0.2) is 5.16 Å². The van der Waals surface area contributed by atoms with Gasteiger partial charge >= 0.3 is 5.97 Å². The summed E-state index contributed by atoms with van der Waals surface area (Å²) in [4.78, 5) is 20.7. The van der Waals surface area contributed by atoms with Gasteiger partial charge in [-0.2, -0.15) is 0 Å². The molecule has 2 aromatic carbocycles. The first-order valence-corrected chi connectivity index (χ1v) is 12.9. The van der Waals surface area contributed by atoms with Crippen LogP contribution in [0.1, 0.15) is 44.1 Å². The number of thioether (sulfide) groups is 1. The van der Waals surface area contributed by atoms with E-state index in [4.69, 9.17) is 21.1 Å². The third kappa shape index (κ3) is 4.86. The molecule has 2 N–H and O–H groups in total. The third-order valence-electron chi connectivity index (χ3n) is 6.98. The molecule has 1 aliphatic carbocycles. The number of aromatic amines is 1. The lowest BCUT2D eigenvalue weighted by Gasteiger charge is -2.41. The summed E-state index contributed by atoms with van der Waals surface area (Å²) >= 11 is 7.31. The molecule has 0 bridgehead atoms. The van der Waals surface area contributed by atoms with Crippen LogP contribution in [-0.4, -0.2) is 33.8 Å². The van der Waals surface area contributed by atoms with E-state index >= 15 is 0 Å². The molecule has 1 saturated carbocycles. The third-order valence-corrected chi connectivity index (χ3v) is 8.27. The first-order valence-electron chi connectivity index (χ1n) is 11.7. The largest absolute Gasteiger partial charge is 0.511 e. The Morgan fingerprint density at radius 3 is 2.80 bits per heavy atom. The van der Waals surface area contributed by atoms with Gasteiger partial charge < -0.3 is 19.6 Å². The van der Waals surface area contributed by atoms with Gasteiger partial charge in [0.1, 0.15) is 27.8 Å². The number of halogens is 2. The van der Waals surface area contributed by atoms with E-state index in [9.17, 15) is 14.3 Å². The molecule has 0 amide bonds. The summed E-state index contributed by atoms with van der Waals surface area (Å²) in [6.07, 6.45) is 5.57. The second-order valence-corrected chi connectivity index (χ2v) is 10.6. The molecule has 0 saturated heterocycles. The standard InChI is InChI=1S/C26H26ClFN2O4S/c1-33-22-9-6-15(12-18(22)27)10-11-26(16-4-2-3-5-16)14-21(31)23(24(32)34-26)35-25-29-19-8-7-17(28)13-20(19)30-25/h6-9,12-13,16,31H,2-5,10-11,14H2,1H3,(H,29,30). The number of aromatic nitrogens is 2. The maximum Gasteiger partial charge on any atom is 0.349 e. The van der Waals surface area contributed by atoms with Crippen LogP contribution in [0.2, 0.25) is 5.02 Å². The second-order valence-electron chi connectivity index (χ2n) is 9.16. The van der Waals surface area contributed by atoms with Crippen LogP contribution in [0.4, 0.5) is 4.39 Å². The molecule has 5 rings (SSSR count). The van der Waals surface area contributed by atoms with E-state index in [1.807, 2.05) is 18.2 Å². The van der Waals surface area contributed by atoms with Crippen LogP contribution in [0.25, 0.3) is 11.0 Å². The Hall–Kier alpha value is -2.71. The van der Waals surface area contributed by atoms with Crippen molar-refractivity contribution in [2.45, 2.75) is 55.7 Å². The number of nitrogens with one attached hydrogen (secondary N) is 1. The summed E-state index contributed by atoms with van der Waals surface area (Å²) in [6.45, 7) is 0. The number of esters is 1. The molecular formula is C26H26ClFN2O4S. The van der Waals surface area contributed by atoms with Gasteiger partial charge in [-0.05, 0) is 79.3 Å². The Bertz CT molecular complexity index is 1300. The Labute approximate surface area is 211 Å². The van der Waals surface area contributed by atoms with Gasteiger partial charge in [-0.15, -0.1) is 0 Å². The number of H-pyrrole nitrogens is 1. The van der Waals surface area contributed by atoms with Gasteiger partial charge in [-0.3, -0.25) is 0 Å². The fraction of sp³-hybridized carbons (Fsp3) is 0.385. The lowest BCUT2D eigenvalue weighted by atomic mass is 9.77. The lowest BCUT2D eigenvalue weighted by Crippen LogP contribution is -2.45. The van der Waals surface area contributed by atoms with Crippen LogP contribution in [0, 0.1) is 11.7 Å². The van der Waals surface area contributed by atoms with E-state index in [0.717, 1.165) is 43.0 Å². The predicted octanol–water partition coefficient (Wildman–Crippen LogP) is 6.73. The number of imidazole rings is 1. The highest BCUT2D eigenvalue weighted by Crippen LogP contribution is 2.47. The highest BCUT2D eigenvalue weighted by atomic mass is 35.5. The Morgan fingerprint density at radius 2 is 2.09 bits per heavy atom. The maximum absolute atomic E-state index is 13.5. The molecule has 1 unspecified atom stereocenters. The molecule has 9 heteroatoms. The SMILES string of the molecule is COc1ccc(CCC2(C3CCCC3)CC(O)=C(Sc3nc4ccc(F)cc4[nH]3)C(=O)O2)cc1Cl. The van der Waals surface area contributed by atoms with Crippen molar-refractivity contribution < 1.29 is 23.8 Å². The van der Waals surface area contributed by atoms with Crippen molar-refractivity contribution in [2.75, 3.05) is 7.11 Å². The Morgan fingerprint density at radius 1 is 1.29 bits per heavy atom. The van der Waals surface area contributed by atoms with Crippen LogP contribution in [0.15, 0.2) is 52.2 Å². The van der Waals surface area contributed by atoms with Crippen molar-refractivity contribution in [3.05, 3.63) is 63.5 Å². The van der Waals surface area contributed by atoms with Gasteiger partial charge in [-0.25, -0.2) is 14.2 Å². The maximum atomic E-state index is 13.5. The van der Waals surface area contributed by atoms with Crippen LogP contribution >= 0.6 is 23.4 Å². The average molecular weight is 517 g/mol. The summed E-state index contributed by atoms with van der Waals surface area (Å²) in [5, 5.41) is 12.0. The highest BCUT2D eigenvalue weighted by molar-refractivity contribution is 8.03. The van der Waals surface area contributed by atoms with Crippen molar-refractivity contribution in [3.63, 3.8) is 0 Å². The van der Waals surface area contributed by atoms with E-state index in [-0.39, 0.29) is 28.8 Å². The Kier molecular flexibility index (Phi) is 6.68. The molecule has 3 aromatic rings. The molecule has 0 radical (unpaired) electrons. The van der Waals surface area contributed by atoms with E-state index in [1.165, 1.54) is 12.1 Å². The van der Waals surface area contributed by atoms with E-state index < -0.39 is 11.6 Å². The van der Waals surface area contributed by atoms with Gasteiger partial charge in [-0.1, -0.05) is 30.5 Å². The molecule has 184 valence electrons. The van der Waals surface area contributed by atoms with Crippen molar-refractivity contribution in [1.29, 1.82) is 0 Å². The van der Waals surface area contributed by atoms with Crippen LogP contribution in [-0.2, 0) is 16.0 Å². The van der Waals surface area contributed by atoms with Crippen molar-refractivity contribution in [1.82, 2.24) is 9.97 Å². The van der Waals surface area contributed by atoms with E-state index in [2.05, 4.69) is 9.97 Å². The normalized spacial score (nSPS) is 21.1. The number of benzene rings is 2. The van der Waals surface area contributed by atoms with Crippen LogP contribution < -0.4 is 4.74 Å².